The van der Waals surface area contributed by atoms with Crippen LogP contribution in [0.1, 0.15) is 58.2 Å². The molecule has 1 unspecified atom stereocenters. The molecule has 0 spiro atoms. The quantitative estimate of drug-likeness (QED) is 0.837. The standard InChI is InChI=1S/C15H26ClN3O/c1-4-17-14(13-12(16)11-18-19(13)5-2)15(20-6-3)9-7-8-10-15/h11,14,17H,4-10H2,1-3H3. The van der Waals surface area contributed by atoms with Crippen LogP contribution in [0.3, 0.4) is 0 Å². The summed E-state index contributed by atoms with van der Waals surface area (Å²) in [6.07, 6.45) is 6.37. The third-order valence-electron chi connectivity index (χ3n) is 4.22. The summed E-state index contributed by atoms with van der Waals surface area (Å²) in [7, 11) is 0. The summed E-state index contributed by atoms with van der Waals surface area (Å²) in [5, 5.41) is 8.73. The van der Waals surface area contributed by atoms with Crippen LogP contribution in [0.25, 0.3) is 0 Å². The molecule has 5 heteroatoms. The van der Waals surface area contributed by atoms with Crippen molar-refractivity contribution < 1.29 is 4.74 Å². The Kier molecular flexibility index (Phi) is 5.47. The second-order valence-corrected chi connectivity index (χ2v) is 5.80. The van der Waals surface area contributed by atoms with Crippen molar-refractivity contribution in [2.75, 3.05) is 13.2 Å². The summed E-state index contributed by atoms with van der Waals surface area (Å²) in [5.74, 6) is 0. The maximum absolute atomic E-state index is 6.42. The van der Waals surface area contributed by atoms with Crippen LogP contribution >= 0.6 is 11.6 Å². The second kappa shape index (κ2) is 6.92. The predicted octanol–water partition coefficient (Wildman–Crippen LogP) is 3.56. The number of halogens is 1. The fourth-order valence-electron chi connectivity index (χ4n) is 3.42. The Balaban J connectivity index is 2.41. The smallest absolute Gasteiger partial charge is 0.0891 e. The third kappa shape index (κ3) is 2.87. The lowest BCUT2D eigenvalue weighted by atomic mass is 9.89. The second-order valence-electron chi connectivity index (χ2n) is 5.39. The maximum Gasteiger partial charge on any atom is 0.0891 e. The van der Waals surface area contributed by atoms with Crippen molar-refractivity contribution in [3.8, 4) is 0 Å². The van der Waals surface area contributed by atoms with E-state index < -0.39 is 0 Å². The zero-order valence-electron chi connectivity index (χ0n) is 12.8. The summed E-state index contributed by atoms with van der Waals surface area (Å²) in [6.45, 7) is 8.75. The van der Waals surface area contributed by atoms with E-state index in [1.54, 1.807) is 6.20 Å². The normalized spacial score (nSPS) is 19.4. The van der Waals surface area contributed by atoms with E-state index in [-0.39, 0.29) is 11.6 Å². The van der Waals surface area contributed by atoms with Crippen molar-refractivity contribution in [3.63, 3.8) is 0 Å². The van der Waals surface area contributed by atoms with Crippen LogP contribution < -0.4 is 5.32 Å². The molecule has 4 nitrogen and oxygen atoms in total. The SMILES string of the molecule is CCNC(c1c(Cl)cnn1CC)C1(OCC)CCCC1. The molecule has 1 saturated carbocycles. The summed E-state index contributed by atoms with van der Waals surface area (Å²) in [4.78, 5) is 0. The van der Waals surface area contributed by atoms with Crippen LogP contribution in [0.2, 0.25) is 5.02 Å². The molecule has 1 heterocycles. The third-order valence-corrected chi connectivity index (χ3v) is 4.51. The fraction of sp³-hybridized carbons (Fsp3) is 0.800. The van der Waals surface area contributed by atoms with Crippen LogP contribution in [-0.2, 0) is 11.3 Å². The van der Waals surface area contributed by atoms with Crippen molar-refractivity contribution >= 4 is 11.6 Å². The van der Waals surface area contributed by atoms with E-state index in [0.717, 1.165) is 43.3 Å². The number of nitrogens with zero attached hydrogens (tertiary/aromatic N) is 2. The maximum atomic E-state index is 6.42. The van der Waals surface area contributed by atoms with Crippen LogP contribution in [0.15, 0.2) is 6.20 Å². The average molecular weight is 300 g/mol. The molecule has 2 rings (SSSR count). The van der Waals surface area contributed by atoms with Gasteiger partial charge in [-0.05, 0) is 33.2 Å². The first-order valence-corrected chi connectivity index (χ1v) is 8.14. The van der Waals surface area contributed by atoms with Crippen molar-refractivity contribution in [1.29, 1.82) is 0 Å². The highest BCUT2D eigenvalue weighted by Crippen LogP contribution is 2.44. The number of aryl methyl sites for hydroxylation is 1. The summed E-state index contributed by atoms with van der Waals surface area (Å²) in [5.41, 5.74) is 0.938. The Morgan fingerprint density at radius 3 is 2.65 bits per heavy atom. The first kappa shape index (κ1) is 15.8. The molecule has 1 aromatic heterocycles. The number of likely N-dealkylation sites (N-methyl/N-ethyl adjacent to an activating group) is 1. The number of hydrogen-bond acceptors (Lipinski definition) is 3. The van der Waals surface area contributed by atoms with Gasteiger partial charge in [-0.15, -0.1) is 0 Å². The van der Waals surface area contributed by atoms with Gasteiger partial charge in [-0.25, -0.2) is 0 Å². The summed E-state index contributed by atoms with van der Waals surface area (Å²) < 4.78 is 8.22. The zero-order valence-corrected chi connectivity index (χ0v) is 13.5. The monoisotopic (exact) mass is 299 g/mol. The lowest BCUT2D eigenvalue weighted by Crippen LogP contribution is -2.45. The number of ether oxygens (including phenoxy) is 1. The molecule has 0 bridgehead atoms. The molecule has 0 amide bonds. The van der Waals surface area contributed by atoms with E-state index in [0.29, 0.717) is 0 Å². The fourth-order valence-corrected chi connectivity index (χ4v) is 3.67. The van der Waals surface area contributed by atoms with E-state index in [1.807, 2.05) is 4.68 Å². The first-order valence-electron chi connectivity index (χ1n) is 7.77. The predicted molar refractivity (Wildman–Crippen MR) is 82.2 cm³/mol. The highest BCUT2D eigenvalue weighted by molar-refractivity contribution is 6.31. The van der Waals surface area contributed by atoms with E-state index in [2.05, 4.69) is 31.2 Å². The molecule has 0 radical (unpaired) electrons. The molecular formula is C15H26ClN3O. The Hall–Kier alpha value is -0.580. The minimum atomic E-state index is -0.138. The molecule has 1 aliphatic rings. The van der Waals surface area contributed by atoms with Gasteiger partial charge >= 0.3 is 0 Å². The Morgan fingerprint density at radius 2 is 2.10 bits per heavy atom. The molecule has 114 valence electrons. The van der Waals surface area contributed by atoms with Crippen LogP contribution in [-0.4, -0.2) is 28.5 Å². The zero-order chi connectivity index (χ0) is 14.6. The Bertz CT molecular complexity index is 427. The number of rotatable bonds is 7. The van der Waals surface area contributed by atoms with Crippen molar-refractivity contribution in [1.82, 2.24) is 15.1 Å². The average Bonchev–Trinajstić information content (AvgIpc) is 3.04. The van der Waals surface area contributed by atoms with E-state index in [9.17, 15) is 0 Å². The molecule has 1 aromatic rings. The molecule has 1 N–H and O–H groups in total. The van der Waals surface area contributed by atoms with Gasteiger partial charge < -0.3 is 10.1 Å². The minimum absolute atomic E-state index is 0.116. The molecule has 0 aromatic carbocycles. The van der Waals surface area contributed by atoms with E-state index in [1.165, 1.54) is 12.8 Å². The van der Waals surface area contributed by atoms with Crippen LogP contribution in [0.4, 0.5) is 0 Å². The van der Waals surface area contributed by atoms with Crippen LogP contribution in [0, 0.1) is 0 Å². The topological polar surface area (TPSA) is 39.1 Å². The van der Waals surface area contributed by atoms with Crippen molar-refractivity contribution in [2.24, 2.45) is 0 Å². The molecule has 1 atom stereocenters. The van der Waals surface area contributed by atoms with Gasteiger partial charge in [0.25, 0.3) is 0 Å². The van der Waals surface area contributed by atoms with Gasteiger partial charge in [-0.2, -0.15) is 5.10 Å². The highest BCUT2D eigenvalue weighted by Gasteiger charge is 2.44. The molecule has 20 heavy (non-hydrogen) atoms. The van der Waals surface area contributed by atoms with Crippen molar-refractivity contribution in [3.05, 3.63) is 16.9 Å². The lowest BCUT2D eigenvalue weighted by Gasteiger charge is -2.38. The van der Waals surface area contributed by atoms with Gasteiger partial charge in [0.05, 0.1) is 28.6 Å². The van der Waals surface area contributed by atoms with Gasteiger partial charge in [-0.3, -0.25) is 4.68 Å². The van der Waals surface area contributed by atoms with Gasteiger partial charge in [-0.1, -0.05) is 31.4 Å². The number of nitrogens with one attached hydrogen (secondary N) is 1. The Labute approximate surface area is 126 Å². The molecule has 1 fully saturated rings. The summed E-state index contributed by atoms with van der Waals surface area (Å²) >= 11 is 6.42. The highest BCUT2D eigenvalue weighted by atomic mass is 35.5. The van der Waals surface area contributed by atoms with Crippen molar-refractivity contribution in [2.45, 2.75) is 64.6 Å². The molecule has 0 aliphatic heterocycles. The van der Waals surface area contributed by atoms with Gasteiger partial charge in [0, 0.05) is 13.2 Å². The van der Waals surface area contributed by atoms with Gasteiger partial charge in [0.2, 0.25) is 0 Å². The van der Waals surface area contributed by atoms with E-state index >= 15 is 0 Å². The number of aromatic nitrogens is 2. The first-order chi connectivity index (χ1) is 9.68. The van der Waals surface area contributed by atoms with E-state index in [4.69, 9.17) is 16.3 Å². The Morgan fingerprint density at radius 1 is 1.40 bits per heavy atom. The molecular weight excluding hydrogens is 274 g/mol. The molecule has 1 aliphatic carbocycles. The van der Waals surface area contributed by atoms with Gasteiger partial charge in [0.15, 0.2) is 0 Å². The van der Waals surface area contributed by atoms with Crippen LogP contribution in [0.5, 0.6) is 0 Å². The number of hydrogen-bond donors (Lipinski definition) is 1. The largest absolute Gasteiger partial charge is 0.373 e. The minimum Gasteiger partial charge on any atom is -0.373 e. The van der Waals surface area contributed by atoms with Gasteiger partial charge in [0.1, 0.15) is 0 Å². The molecule has 0 saturated heterocycles. The lowest BCUT2D eigenvalue weighted by molar-refractivity contribution is -0.0641. The summed E-state index contributed by atoms with van der Waals surface area (Å²) in [6, 6.07) is 0.116.